The molecule has 1 aromatic rings. The molecular formula is C5H6Cl2N4. The lowest BCUT2D eigenvalue weighted by Gasteiger charge is -2.00. The Hall–Kier alpha value is -0.610. The van der Waals surface area contributed by atoms with Crippen molar-refractivity contribution in [3.8, 4) is 0 Å². The van der Waals surface area contributed by atoms with E-state index >= 15 is 0 Å². The zero-order valence-corrected chi connectivity index (χ0v) is 7.26. The molecule has 0 spiro atoms. The first-order valence-electron chi connectivity index (χ1n) is 2.86. The van der Waals surface area contributed by atoms with Gasteiger partial charge in [-0.2, -0.15) is 9.97 Å². The maximum atomic E-state index is 5.50. The first-order chi connectivity index (χ1) is 5.09. The van der Waals surface area contributed by atoms with Gasteiger partial charge in [-0.1, -0.05) is 23.2 Å². The molecule has 11 heavy (non-hydrogen) atoms. The van der Waals surface area contributed by atoms with E-state index in [0.717, 1.165) is 0 Å². The Bertz CT molecular complexity index is 242. The molecule has 0 amide bonds. The van der Waals surface area contributed by atoms with Crippen molar-refractivity contribution in [3.63, 3.8) is 0 Å². The highest BCUT2D eigenvalue weighted by Gasteiger charge is 2.08. The predicted octanol–water partition coefficient (Wildman–Crippen LogP) is 1.24. The summed E-state index contributed by atoms with van der Waals surface area (Å²) in [6, 6.07) is 0. The quantitative estimate of drug-likeness (QED) is 0.681. The maximum absolute atomic E-state index is 5.50. The van der Waals surface area contributed by atoms with Crippen LogP contribution in [0.3, 0.4) is 0 Å². The molecule has 0 aromatic carbocycles. The molecular weight excluding hydrogens is 187 g/mol. The summed E-state index contributed by atoms with van der Waals surface area (Å²) in [6.07, 6.45) is 0. The van der Waals surface area contributed by atoms with Crippen LogP contribution < -0.4 is 5.73 Å². The predicted molar refractivity (Wildman–Crippen MR) is 43.4 cm³/mol. The average molecular weight is 193 g/mol. The van der Waals surface area contributed by atoms with Crippen LogP contribution in [0.5, 0.6) is 0 Å². The SMILES string of the molecule is Cc1nc(N)nc(C(Cl)Cl)n1. The Balaban J connectivity index is 3.08. The number of alkyl halides is 2. The number of hydrogen-bond donors (Lipinski definition) is 1. The van der Waals surface area contributed by atoms with Crippen LogP contribution in [0.1, 0.15) is 16.5 Å². The van der Waals surface area contributed by atoms with E-state index < -0.39 is 4.84 Å². The topological polar surface area (TPSA) is 64.7 Å². The molecule has 0 radical (unpaired) electrons. The van der Waals surface area contributed by atoms with Gasteiger partial charge in [-0.3, -0.25) is 0 Å². The molecule has 0 bridgehead atoms. The van der Waals surface area contributed by atoms with Crippen molar-refractivity contribution in [2.24, 2.45) is 0 Å². The van der Waals surface area contributed by atoms with Gasteiger partial charge >= 0.3 is 0 Å². The van der Waals surface area contributed by atoms with Crippen molar-refractivity contribution in [2.75, 3.05) is 5.73 Å². The zero-order chi connectivity index (χ0) is 8.43. The fourth-order valence-electron chi connectivity index (χ4n) is 0.622. The Kier molecular flexibility index (Phi) is 2.46. The minimum absolute atomic E-state index is 0.138. The number of nitrogens with two attached hydrogens (primary N) is 1. The Morgan fingerprint density at radius 2 is 1.91 bits per heavy atom. The lowest BCUT2D eigenvalue weighted by molar-refractivity contribution is 0.911. The number of nitrogens with zero attached hydrogens (tertiary/aromatic N) is 3. The van der Waals surface area contributed by atoms with Crippen LogP contribution in [0, 0.1) is 6.92 Å². The largest absolute Gasteiger partial charge is 0.368 e. The van der Waals surface area contributed by atoms with Gasteiger partial charge in [0.05, 0.1) is 0 Å². The van der Waals surface area contributed by atoms with E-state index in [1.807, 2.05) is 0 Å². The lowest BCUT2D eigenvalue weighted by atomic mass is 10.6. The summed E-state index contributed by atoms with van der Waals surface area (Å²) in [5.41, 5.74) is 5.32. The molecule has 1 heterocycles. The second-order valence-corrected chi connectivity index (χ2v) is 3.00. The van der Waals surface area contributed by atoms with Gasteiger partial charge in [0.15, 0.2) is 10.7 Å². The molecule has 0 atom stereocenters. The number of rotatable bonds is 1. The molecule has 6 heteroatoms. The van der Waals surface area contributed by atoms with Crippen LogP contribution in [0.2, 0.25) is 0 Å². The highest BCUT2D eigenvalue weighted by molar-refractivity contribution is 6.43. The van der Waals surface area contributed by atoms with Crippen LogP contribution in [0.4, 0.5) is 5.95 Å². The molecule has 2 N–H and O–H groups in total. The van der Waals surface area contributed by atoms with Crippen molar-refractivity contribution in [3.05, 3.63) is 11.6 Å². The van der Waals surface area contributed by atoms with E-state index in [-0.39, 0.29) is 5.95 Å². The smallest absolute Gasteiger partial charge is 0.223 e. The van der Waals surface area contributed by atoms with Gasteiger partial charge in [-0.15, -0.1) is 0 Å². The van der Waals surface area contributed by atoms with Crippen LogP contribution in [0.15, 0.2) is 0 Å². The van der Waals surface area contributed by atoms with Gasteiger partial charge < -0.3 is 5.73 Å². The third kappa shape index (κ3) is 2.17. The van der Waals surface area contributed by atoms with E-state index in [0.29, 0.717) is 11.6 Å². The minimum atomic E-state index is -0.751. The molecule has 4 nitrogen and oxygen atoms in total. The Morgan fingerprint density at radius 3 is 2.36 bits per heavy atom. The second-order valence-electron chi connectivity index (χ2n) is 1.90. The summed E-state index contributed by atoms with van der Waals surface area (Å²) >= 11 is 11.0. The third-order valence-corrected chi connectivity index (χ3v) is 1.37. The molecule has 0 aliphatic heterocycles. The summed E-state index contributed by atoms with van der Waals surface area (Å²) in [7, 11) is 0. The molecule has 60 valence electrons. The van der Waals surface area contributed by atoms with E-state index in [4.69, 9.17) is 28.9 Å². The summed E-state index contributed by atoms with van der Waals surface area (Å²) < 4.78 is 0. The van der Waals surface area contributed by atoms with Crippen molar-refractivity contribution < 1.29 is 0 Å². The van der Waals surface area contributed by atoms with Crippen molar-refractivity contribution in [1.82, 2.24) is 15.0 Å². The Labute approximate surface area is 73.8 Å². The van der Waals surface area contributed by atoms with Crippen molar-refractivity contribution in [2.45, 2.75) is 11.8 Å². The van der Waals surface area contributed by atoms with Crippen LogP contribution in [-0.2, 0) is 0 Å². The summed E-state index contributed by atoms with van der Waals surface area (Å²) in [4.78, 5) is 10.6. The molecule has 0 aliphatic carbocycles. The summed E-state index contributed by atoms with van der Waals surface area (Å²) in [5.74, 6) is 0.941. The fraction of sp³-hybridized carbons (Fsp3) is 0.400. The van der Waals surface area contributed by atoms with Gasteiger partial charge in [0.2, 0.25) is 5.95 Å². The Morgan fingerprint density at radius 1 is 1.27 bits per heavy atom. The molecule has 0 unspecified atom stereocenters. The number of aryl methyl sites for hydroxylation is 1. The molecule has 1 aromatic heterocycles. The first-order valence-corrected chi connectivity index (χ1v) is 3.73. The zero-order valence-electron chi connectivity index (χ0n) is 5.75. The molecule has 0 fully saturated rings. The summed E-state index contributed by atoms with van der Waals surface area (Å²) in [5, 5.41) is 0. The van der Waals surface area contributed by atoms with E-state index in [1.54, 1.807) is 6.92 Å². The van der Waals surface area contributed by atoms with Crippen LogP contribution in [0.25, 0.3) is 0 Å². The van der Waals surface area contributed by atoms with Crippen LogP contribution in [-0.4, -0.2) is 15.0 Å². The highest BCUT2D eigenvalue weighted by atomic mass is 35.5. The molecule has 0 saturated carbocycles. The van der Waals surface area contributed by atoms with Gasteiger partial charge in [-0.25, -0.2) is 4.98 Å². The second kappa shape index (κ2) is 3.19. The van der Waals surface area contributed by atoms with E-state index in [1.165, 1.54) is 0 Å². The number of hydrogen-bond acceptors (Lipinski definition) is 4. The molecule has 0 aliphatic rings. The monoisotopic (exact) mass is 192 g/mol. The number of halogens is 2. The highest BCUT2D eigenvalue weighted by Crippen LogP contribution is 2.20. The number of anilines is 1. The summed E-state index contributed by atoms with van der Waals surface area (Å²) in [6.45, 7) is 1.69. The fourth-order valence-corrected chi connectivity index (χ4v) is 0.817. The maximum Gasteiger partial charge on any atom is 0.223 e. The van der Waals surface area contributed by atoms with Crippen molar-refractivity contribution >= 4 is 29.2 Å². The lowest BCUT2D eigenvalue weighted by Crippen LogP contribution is -2.04. The van der Waals surface area contributed by atoms with Crippen LogP contribution >= 0.6 is 23.2 Å². The average Bonchev–Trinajstić information content (AvgIpc) is 1.85. The number of aromatic nitrogens is 3. The third-order valence-electron chi connectivity index (χ3n) is 0.977. The molecule has 0 saturated heterocycles. The van der Waals surface area contributed by atoms with E-state index in [9.17, 15) is 0 Å². The minimum Gasteiger partial charge on any atom is -0.368 e. The van der Waals surface area contributed by atoms with Gasteiger partial charge in [0.25, 0.3) is 0 Å². The van der Waals surface area contributed by atoms with Gasteiger partial charge in [-0.05, 0) is 6.92 Å². The molecule has 1 rings (SSSR count). The van der Waals surface area contributed by atoms with Gasteiger partial charge in [0.1, 0.15) is 5.82 Å². The van der Waals surface area contributed by atoms with Crippen molar-refractivity contribution in [1.29, 1.82) is 0 Å². The number of nitrogen functional groups attached to an aromatic ring is 1. The van der Waals surface area contributed by atoms with E-state index in [2.05, 4.69) is 15.0 Å². The normalized spacial score (nSPS) is 10.5. The standard InChI is InChI=1S/C5H6Cl2N4/c1-2-9-4(3(6)7)11-5(8)10-2/h3H,1H3,(H2,8,9,10,11). The first kappa shape index (κ1) is 8.49. The van der Waals surface area contributed by atoms with Gasteiger partial charge in [0, 0.05) is 0 Å².